The first-order chi connectivity index (χ1) is 16.7. The fraction of sp³-hybridized carbons (Fsp3) is 0.179. The van der Waals surface area contributed by atoms with Gasteiger partial charge in [0.1, 0.15) is 0 Å². The molecule has 1 aliphatic heterocycles. The van der Waals surface area contributed by atoms with E-state index in [0.717, 1.165) is 48.3 Å². The highest BCUT2D eigenvalue weighted by atomic mass is 16.2. The third-order valence-electron chi connectivity index (χ3n) is 6.67. The molecule has 1 aromatic heterocycles. The van der Waals surface area contributed by atoms with Crippen molar-refractivity contribution in [3.05, 3.63) is 107 Å². The Hall–Kier alpha value is -4.19. The summed E-state index contributed by atoms with van der Waals surface area (Å²) in [4.78, 5) is 28.0. The number of fused-ring (bicyclic) bond motifs is 2. The maximum Gasteiger partial charge on any atom is 0.276 e. The number of benzene rings is 3. The maximum absolute atomic E-state index is 13.1. The molecular weight excluding hydrogens is 424 g/mol. The molecule has 3 aromatic carbocycles. The van der Waals surface area contributed by atoms with E-state index in [0.29, 0.717) is 23.5 Å². The first-order valence-corrected chi connectivity index (χ1v) is 11.7. The average molecular weight is 449 g/mol. The highest BCUT2D eigenvalue weighted by molar-refractivity contribution is 6.08. The topological polar surface area (TPSA) is 67.2 Å². The van der Waals surface area contributed by atoms with Gasteiger partial charge in [0, 0.05) is 34.7 Å². The van der Waals surface area contributed by atoms with Crippen LogP contribution >= 0.6 is 0 Å². The highest BCUT2D eigenvalue weighted by Gasteiger charge is 2.28. The van der Waals surface area contributed by atoms with Gasteiger partial charge in [-0.1, -0.05) is 36.4 Å². The van der Waals surface area contributed by atoms with E-state index >= 15 is 0 Å². The molecule has 6 heteroatoms. The van der Waals surface area contributed by atoms with E-state index < -0.39 is 0 Å². The Morgan fingerprint density at radius 3 is 2.41 bits per heavy atom. The molecule has 0 radical (unpaired) electrons. The number of nitrogens with one attached hydrogen (secondary N) is 1. The lowest BCUT2D eigenvalue weighted by atomic mass is 10.1. The van der Waals surface area contributed by atoms with E-state index in [-0.39, 0.29) is 11.8 Å². The number of amides is 2. The summed E-state index contributed by atoms with van der Waals surface area (Å²) in [5.74, 6) is -0.248. The molecular formula is C28H24N4O2. The van der Waals surface area contributed by atoms with Gasteiger partial charge in [-0.15, -0.1) is 0 Å². The minimum absolute atomic E-state index is 0.0257. The van der Waals surface area contributed by atoms with Gasteiger partial charge in [0.25, 0.3) is 11.8 Å². The molecule has 1 N–H and O–H groups in total. The van der Waals surface area contributed by atoms with Crippen LogP contribution in [0, 0.1) is 0 Å². The van der Waals surface area contributed by atoms with Crippen LogP contribution in [0.1, 0.15) is 44.1 Å². The zero-order valence-electron chi connectivity index (χ0n) is 18.7. The maximum atomic E-state index is 13.1. The normalized spacial score (nSPS) is 14.1. The van der Waals surface area contributed by atoms with Crippen LogP contribution < -0.4 is 10.2 Å². The number of hydrogen-bond acceptors (Lipinski definition) is 3. The summed E-state index contributed by atoms with van der Waals surface area (Å²) in [6.07, 6.45) is 3.67. The Kier molecular flexibility index (Phi) is 4.99. The second-order valence-corrected chi connectivity index (χ2v) is 8.74. The molecule has 6 rings (SSSR count). The molecule has 168 valence electrons. The first kappa shape index (κ1) is 20.4. The lowest BCUT2D eigenvalue weighted by molar-refractivity contribution is 0.0988. The number of carbonyl (C=O) groups excluding carboxylic acids is 2. The van der Waals surface area contributed by atoms with Gasteiger partial charge in [-0.3, -0.25) is 9.59 Å². The molecule has 4 aromatic rings. The predicted octanol–water partition coefficient (Wildman–Crippen LogP) is 4.82. The Labute approximate surface area is 197 Å². The van der Waals surface area contributed by atoms with Crippen molar-refractivity contribution >= 4 is 23.2 Å². The number of para-hydroxylation sites is 2. The molecule has 0 unspecified atom stereocenters. The summed E-state index contributed by atoms with van der Waals surface area (Å²) in [5, 5.41) is 7.63. The lowest BCUT2D eigenvalue weighted by Crippen LogP contribution is -2.28. The molecule has 1 aliphatic carbocycles. The average Bonchev–Trinajstić information content (AvgIpc) is 3.60. The van der Waals surface area contributed by atoms with Gasteiger partial charge < -0.3 is 10.2 Å². The van der Waals surface area contributed by atoms with Crippen LogP contribution in [0.2, 0.25) is 0 Å². The molecule has 0 fully saturated rings. The number of rotatable bonds is 4. The molecule has 6 nitrogen and oxygen atoms in total. The van der Waals surface area contributed by atoms with E-state index in [9.17, 15) is 9.59 Å². The predicted molar refractivity (Wildman–Crippen MR) is 132 cm³/mol. The first-order valence-electron chi connectivity index (χ1n) is 11.7. The summed E-state index contributed by atoms with van der Waals surface area (Å²) in [7, 11) is 0. The summed E-state index contributed by atoms with van der Waals surface area (Å²) >= 11 is 0. The monoisotopic (exact) mass is 448 g/mol. The summed E-state index contributed by atoms with van der Waals surface area (Å²) in [5.41, 5.74) is 7.00. The second kappa shape index (κ2) is 8.30. The molecule has 0 spiro atoms. The van der Waals surface area contributed by atoms with Gasteiger partial charge >= 0.3 is 0 Å². The second-order valence-electron chi connectivity index (χ2n) is 8.74. The van der Waals surface area contributed by atoms with Crippen LogP contribution in [0.5, 0.6) is 0 Å². The van der Waals surface area contributed by atoms with E-state index in [1.54, 1.807) is 24.3 Å². The Morgan fingerprint density at radius 1 is 0.824 bits per heavy atom. The Balaban J connectivity index is 1.21. The third kappa shape index (κ3) is 3.48. The molecule has 2 heterocycles. The van der Waals surface area contributed by atoms with Gasteiger partial charge in [-0.2, -0.15) is 5.10 Å². The van der Waals surface area contributed by atoms with E-state index in [1.807, 2.05) is 58.1 Å². The minimum Gasteiger partial charge on any atom is -0.321 e. The summed E-state index contributed by atoms with van der Waals surface area (Å²) < 4.78 is 1.90. The Bertz CT molecular complexity index is 1390. The van der Waals surface area contributed by atoms with Crippen LogP contribution in [-0.4, -0.2) is 28.1 Å². The lowest BCUT2D eigenvalue weighted by Gasteiger charge is -2.17. The van der Waals surface area contributed by atoms with Crippen molar-refractivity contribution in [2.24, 2.45) is 0 Å². The minimum atomic E-state index is -0.222. The smallest absolute Gasteiger partial charge is 0.276 e. The van der Waals surface area contributed by atoms with Crippen molar-refractivity contribution in [2.45, 2.75) is 25.7 Å². The third-order valence-corrected chi connectivity index (χ3v) is 6.67. The van der Waals surface area contributed by atoms with Crippen molar-refractivity contribution in [1.29, 1.82) is 0 Å². The van der Waals surface area contributed by atoms with Gasteiger partial charge in [-0.25, -0.2) is 4.68 Å². The van der Waals surface area contributed by atoms with Crippen molar-refractivity contribution in [3.63, 3.8) is 0 Å². The molecule has 0 saturated heterocycles. The van der Waals surface area contributed by atoms with Crippen molar-refractivity contribution < 1.29 is 9.59 Å². The van der Waals surface area contributed by atoms with Crippen LogP contribution in [0.3, 0.4) is 0 Å². The van der Waals surface area contributed by atoms with Gasteiger partial charge in [0.05, 0.1) is 5.69 Å². The standard InChI is InChI=1S/C28H24N4O2/c33-27(26-23-10-6-12-25(23)32(30-26)22-8-2-1-3-9-22)29-21-15-13-20(14-16-21)28(34)31-18-17-19-7-4-5-11-24(19)31/h1-5,7-9,11,13-16H,6,10,12,17-18H2,(H,29,33). The van der Waals surface area contributed by atoms with E-state index in [4.69, 9.17) is 0 Å². The largest absolute Gasteiger partial charge is 0.321 e. The quantitative estimate of drug-likeness (QED) is 0.487. The zero-order chi connectivity index (χ0) is 23.1. The fourth-order valence-electron chi connectivity index (χ4n) is 4.99. The SMILES string of the molecule is O=C(Nc1ccc(C(=O)N2CCc3ccccc32)cc1)c1nn(-c2ccccc2)c2c1CCC2. The van der Waals surface area contributed by atoms with Crippen LogP contribution in [-0.2, 0) is 19.3 Å². The van der Waals surface area contributed by atoms with Crippen LogP contribution in [0.25, 0.3) is 5.69 Å². The van der Waals surface area contributed by atoms with Crippen molar-refractivity contribution in [2.75, 3.05) is 16.8 Å². The fourth-order valence-corrected chi connectivity index (χ4v) is 4.99. The molecule has 0 atom stereocenters. The zero-order valence-corrected chi connectivity index (χ0v) is 18.7. The number of aromatic nitrogens is 2. The summed E-state index contributed by atoms with van der Waals surface area (Å²) in [6, 6.07) is 25.0. The van der Waals surface area contributed by atoms with Gasteiger partial charge in [0.15, 0.2) is 5.69 Å². The van der Waals surface area contributed by atoms with Gasteiger partial charge in [-0.05, 0) is 73.7 Å². The van der Waals surface area contributed by atoms with Crippen molar-refractivity contribution in [3.8, 4) is 5.69 Å². The molecule has 0 saturated carbocycles. The number of hydrogen-bond donors (Lipinski definition) is 1. The number of nitrogens with zero attached hydrogens (tertiary/aromatic N) is 3. The molecule has 2 amide bonds. The molecule has 0 bridgehead atoms. The van der Waals surface area contributed by atoms with E-state index in [2.05, 4.69) is 16.5 Å². The van der Waals surface area contributed by atoms with Crippen molar-refractivity contribution in [1.82, 2.24) is 9.78 Å². The summed E-state index contributed by atoms with van der Waals surface area (Å²) in [6.45, 7) is 0.686. The van der Waals surface area contributed by atoms with Gasteiger partial charge in [0.2, 0.25) is 0 Å². The van der Waals surface area contributed by atoms with Crippen LogP contribution in [0.15, 0.2) is 78.9 Å². The Morgan fingerprint density at radius 2 is 1.59 bits per heavy atom. The number of carbonyl (C=O) groups is 2. The van der Waals surface area contributed by atoms with Crippen LogP contribution in [0.4, 0.5) is 11.4 Å². The molecule has 34 heavy (non-hydrogen) atoms. The molecule has 2 aliphatic rings. The van der Waals surface area contributed by atoms with E-state index in [1.165, 1.54) is 5.56 Å². The highest BCUT2D eigenvalue weighted by Crippen LogP contribution is 2.30. The number of anilines is 2.